The lowest BCUT2D eigenvalue weighted by Crippen LogP contribution is -2.36. The molecule has 1 saturated heterocycles. The molecule has 1 N–H and O–H groups in total. The second-order valence-corrected chi connectivity index (χ2v) is 6.95. The molecule has 1 atom stereocenters. The lowest BCUT2D eigenvalue weighted by molar-refractivity contribution is 0.0371. The Kier molecular flexibility index (Phi) is 3.77. The Balaban J connectivity index is 1.63. The first-order valence-corrected chi connectivity index (χ1v) is 8.08. The van der Waals surface area contributed by atoms with Gasteiger partial charge in [0.1, 0.15) is 0 Å². The number of ether oxygens (including phenoxy) is 1. The van der Waals surface area contributed by atoms with Gasteiger partial charge in [-0.05, 0) is 24.7 Å². The van der Waals surface area contributed by atoms with E-state index in [4.69, 9.17) is 16.3 Å². The minimum atomic E-state index is -0.394. The van der Waals surface area contributed by atoms with E-state index in [1.165, 1.54) is 11.3 Å². The molecule has 0 aromatic carbocycles. The van der Waals surface area contributed by atoms with Gasteiger partial charge < -0.3 is 10.1 Å². The molecule has 1 aromatic heterocycles. The largest absolute Gasteiger partial charge is 0.381 e. The number of hydrogen-bond donors (Lipinski definition) is 1. The topological polar surface area (TPSA) is 38.3 Å². The molecule has 1 aromatic rings. The van der Waals surface area contributed by atoms with Gasteiger partial charge >= 0.3 is 0 Å². The summed E-state index contributed by atoms with van der Waals surface area (Å²) in [5, 5.41) is 6.75. The van der Waals surface area contributed by atoms with Crippen LogP contribution in [0.25, 0.3) is 0 Å². The van der Waals surface area contributed by atoms with E-state index in [0.29, 0.717) is 30.3 Å². The van der Waals surface area contributed by atoms with Crippen LogP contribution in [0, 0.1) is 10.8 Å². The summed E-state index contributed by atoms with van der Waals surface area (Å²) in [6.45, 7) is 1.40. The summed E-state index contributed by atoms with van der Waals surface area (Å²) < 4.78 is 18.9. The Labute approximate surface area is 126 Å². The summed E-state index contributed by atoms with van der Waals surface area (Å²) >= 11 is 7.32. The smallest absolute Gasteiger partial charge is 0.253 e. The van der Waals surface area contributed by atoms with E-state index in [2.05, 4.69) is 5.32 Å². The van der Waals surface area contributed by atoms with Crippen molar-refractivity contribution in [3.63, 3.8) is 0 Å². The molecule has 0 bridgehead atoms. The highest BCUT2D eigenvalue weighted by Crippen LogP contribution is 2.68. The quantitative estimate of drug-likeness (QED) is 0.925. The van der Waals surface area contributed by atoms with Gasteiger partial charge in [0.25, 0.3) is 5.91 Å². The number of halogens is 2. The first-order valence-electron chi connectivity index (χ1n) is 6.76. The minimum Gasteiger partial charge on any atom is -0.381 e. The highest BCUT2D eigenvalue weighted by molar-refractivity contribution is 7.08. The van der Waals surface area contributed by atoms with Gasteiger partial charge in [-0.3, -0.25) is 9.18 Å². The molecule has 1 saturated carbocycles. The molecule has 1 unspecified atom stereocenters. The minimum absolute atomic E-state index is 0.0335. The van der Waals surface area contributed by atoms with Crippen molar-refractivity contribution in [1.82, 2.24) is 5.32 Å². The molecule has 3 nitrogen and oxygen atoms in total. The van der Waals surface area contributed by atoms with E-state index in [1.807, 2.05) is 0 Å². The Hall–Kier alpha value is -0.650. The van der Waals surface area contributed by atoms with Gasteiger partial charge in [0.05, 0.1) is 17.3 Å². The Bertz CT molecular complexity index is 515. The van der Waals surface area contributed by atoms with Crippen molar-refractivity contribution in [3.8, 4) is 0 Å². The maximum absolute atomic E-state index is 13.5. The van der Waals surface area contributed by atoms with Gasteiger partial charge in [0.15, 0.2) is 0 Å². The predicted octanol–water partition coefficient (Wildman–Crippen LogP) is 3.29. The Morgan fingerprint density at radius 2 is 2.20 bits per heavy atom. The molecule has 20 heavy (non-hydrogen) atoms. The van der Waals surface area contributed by atoms with Crippen molar-refractivity contribution in [2.75, 3.05) is 26.4 Å². The number of hydrogen-bond acceptors (Lipinski definition) is 3. The van der Waals surface area contributed by atoms with Gasteiger partial charge in [-0.15, -0.1) is 11.3 Å². The summed E-state index contributed by atoms with van der Waals surface area (Å²) in [5.74, 6) is -0.210. The average Bonchev–Trinajstić information content (AvgIpc) is 2.83. The second-order valence-electron chi connectivity index (χ2n) is 5.80. The Morgan fingerprint density at radius 3 is 2.80 bits per heavy atom. The standard InChI is InChI=1S/C14H17ClFNO2S/c15-11-6-20-5-10(11)12(18)17-9-14(8-16)7-13(14)1-3-19-4-2-13/h5-6H,1-4,7-9H2,(H,17,18). The molecule has 1 aliphatic heterocycles. The van der Waals surface area contributed by atoms with E-state index in [1.54, 1.807) is 10.8 Å². The van der Waals surface area contributed by atoms with Gasteiger partial charge in [-0.25, -0.2) is 0 Å². The maximum Gasteiger partial charge on any atom is 0.253 e. The fraction of sp³-hybridized carbons (Fsp3) is 0.643. The zero-order chi connectivity index (χ0) is 14.2. The highest BCUT2D eigenvalue weighted by Gasteiger charge is 2.66. The third-order valence-electron chi connectivity index (χ3n) is 4.83. The molecule has 0 radical (unpaired) electrons. The third-order valence-corrected chi connectivity index (χ3v) is 6.01. The number of alkyl halides is 1. The first kappa shape index (κ1) is 14.3. The molecule has 3 rings (SSSR count). The van der Waals surface area contributed by atoms with Gasteiger partial charge in [0.2, 0.25) is 0 Å². The van der Waals surface area contributed by atoms with Crippen LogP contribution in [0.15, 0.2) is 10.8 Å². The zero-order valence-corrected chi connectivity index (χ0v) is 12.7. The van der Waals surface area contributed by atoms with Crippen molar-refractivity contribution >= 4 is 28.8 Å². The van der Waals surface area contributed by atoms with Crippen molar-refractivity contribution in [3.05, 3.63) is 21.3 Å². The molecule has 2 heterocycles. The molecule has 1 amide bonds. The van der Waals surface area contributed by atoms with E-state index in [-0.39, 0.29) is 18.0 Å². The van der Waals surface area contributed by atoms with Crippen molar-refractivity contribution < 1.29 is 13.9 Å². The van der Waals surface area contributed by atoms with Crippen LogP contribution in [0.4, 0.5) is 4.39 Å². The number of carbonyl (C=O) groups excluding carboxylic acids is 1. The van der Waals surface area contributed by atoms with E-state index < -0.39 is 5.41 Å². The summed E-state index contributed by atoms with van der Waals surface area (Å²) in [5.41, 5.74) is 0.119. The molecule has 2 fully saturated rings. The predicted molar refractivity (Wildman–Crippen MR) is 77.2 cm³/mol. The van der Waals surface area contributed by atoms with Gasteiger partial charge in [-0.1, -0.05) is 11.6 Å². The van der Waals surface area contributed by atoms with Crippen LogP contribution < -0.4 is 5.32 Å². The number of nitrogens with one attached hydrogen (secondary N) is 1. The molecule has 1 spiro atoms. The summed E-state index contributed by atoms with van der Waals surface area (Å²) in [4.78, 5) is 12.1. The lowest BCUT2D eigenvalue weighted by atomic mass is 9.86. The molecule has 2 aliphatic rings. The summed E-state index contributed by atoms with van der Waals surface area (Å²) in [7, 11) is 0. The lowest BCUT2D eigenvalue weighted by Gasteiger charge is -2.28. The fourth-order valence-corrected chi connectivity index (χ4v) is 4.39. The number of carbonyl (C=O) groups is 1. The van der Waals surface area contributed by atoms with Crippen LogP contribution in [0.1, 0.15) is 29.6 Å². The number of thiophene rings is 1. The van der Waals surface area contributed by atoms with Crippen LogP contribution >= 0.6 is 22.9 Å². The van der Waals surface area contributed by atoms with E-state index in [9.17, 15) is 9.18 Å². The SMILES string of the molecule is O=C(NCC1(CF)CC12CCOCC2)c1cscc1Cl. The molecular formula is C14H17ClFNO2S. The van der Waals surface area contributed by atoms with E-state index >= 15 is 0 Å². The first-order chi connectivity index (χ1) is 9.62. The zero-order valence-electron chi connectivity index (χ0n) is 11.1. The van der Waals surface area contributed by atoms with Crippen molar-refractivity contribution in [2.24, 2.45) is 10.8 Å². The average molecular weight is 318 g/mol. The summed E-state index contributed by atoms with van der Waals surface area (Å²) in [6, 6.07) is 0. The van der Waals surface area contributed by atoms with Crippen molar-refractivity contribution in [1.29, 1.82) is 0 Å². The monoisotopic (exact) mass is 317 g/mol. The molecule has 1 aliphatic carbocycles. The van der Waals surface area contributed by atoms with Crippen LogP contribution in [0.3, 0.4) is 0 Å². The number of amides is 1. The Morgan fingerprint density at radius 1 is 1.45 bits per heavy atom. The van der Waals surface area contributed by atoms with E-state index in [0.717, 1.165) is 19.3 Å². The van der Waals surface area contributed by atoms with Crippen LogP contribution in [-0.4, -0.2) is 32.3 Å². The third kappa shape index (κ3) is 2.26. The van der Waals surface area contributed by atoms with Crippen LogP contribution in [0.2, 0.25) is 5.02 Å². The second kappa shape index (κ2) is 5.28. The number of rotatable bonds is 4. The molecule has 6 heteroatoms. The normalized spacial score (nSPS) is 27.5. The molecule has 110 valence electrons. The van der Waals surface area contributed by atoms with Gasteiger partial charge in [-0.2, -0.15) is 0 Å². The molecular weight excluding hydrogens is 301 g/mol. The summed E-state index contributed by atoms with van der Waals surface area (Å²) in [6.07, 6.45) is 2.63. The van der Waals surface area contributed by atoms with Crippen molar-refractivity contribution in [2.45, 2.75) is 19.3 Å². The highest BCUT2D eigenvalue weighted by atomic mass is 35.5. The van der Waals surface area contributed by atoms with Crippen LogP contribution in [-0.2, 0) is 4.74 Å². The maximum atomic E-state index is 13.5. The van der Waals surface area contributed by atoms with Gasteiger partial charge in [0, 0.05) is 35.9 Å². The fourth-order valence-electron chi connectivity index (χ4n) is 3.35. The van der Waals surface area contributed by atoms with Crippen LogP contribution in [0.5, 0.6) is 0 Å².